The molecule has 1 amide bonds. The Kier molecular flexibility index (Phi) is 5.86. The summed E-state index contributed by atoms with van der Waals surface area (Å²) in [6.07, 6.45) is 0. The highest BCUT2D eigenvalue weighted by Crippen LogP contribution is 2.33. The minimum Gasteiger partial charge on any atom is -0.482 e. The van der Waals surface area contributed by atoms with Gasteiger partial charge >= 0.3 is 0 Å². The maximum Gasteiger partial charge on any atom is 0.262 e. The van der Waals surface area contributed by atoms with Crippen LogP contribution in [0.25, 0.3) is 22.0 Å². The van der Waals surface area contributed by atoms with Crippen LogP contribution in [0.5, 0.6) is 5.75 Å². The van der Waals surface area contributed by atoms with Crippen molar-refractivity contribution in [1.82, 2.24) is 4.68 Å². The Morgan fingerprint density at radius 2 is 1.94 bits per heavy atom. The molecule has 3 aromatic carbocycles. The highest BCUT2D eigenvalue weighted by molar-refractivity contribution is 7.07. The van der Waals surface area contributed by atoms with Gasteiger partial charge in [-0.2, -0.15) is 5.10 Å². The number of hydrogen-bond donors (Lipinski definition) is 1. The van der Waals surface area contributed by atoms with E-state index < -0.39 is 0 Å². The van der Waals surface area contributed by atoms with E-state index in [2.05, 4.69) is 42.2 Å². The number of benzene rings is 3. The Bertz CT molecular complexity index is 1530. The molecule has 0 saturated heterocycles. The largest absolute Gasteiger partial charge is 0.482 e. The number of aromatic nitrogens is 1. The van der Waals surface area contributed by atoms with Gasteiger partial charge in [-0.15, -0.1) is 11.3 Å². The maximum atomic E-state index is 11.8. The quantitative estimate of drug-likeness (QED) is 0.313. The van der Waals surface area contributed by atoms with Gasteiger partial charge < -0.3 is 10.1 Å². The maximum absolute atomic E-state index is 11.8. The molecule has 2 heterocycles. The van der Waals surface area contributed by atoms with Gasteiger partial charge in [0.15, 0.2) is 6.61 Å². The molecule has 6 nitrogen and oxygen atoms in total. The fourth-order valence-electron chi connectivity index (χ4n) is 3.77. The number of thiazole rings is 1. The molecule has 1 aromatic heterocycles. The van der Waals surface area contributed by atoms with Crippen LogP contribution in [0.2, 0.25) is 0 Å². The van der Waals surface area contributed by atoms with Crippen LogP contribution in [0.1, 0.15) is 19.4 Å². The molecule has 7 heteroatoms. The van der Waals surface area contributed by atoms with E-state index in [0.29, 0.717) is 18.0 Å². The van der Waals surface area contributed by atoms with Crippen molar-refractivity contribution in [1.29, 1.82) is 0 Å². The van der Waals surface area contributed by atoms with Gasteiger partial charge in [-0.1, -0.05) is 48.6 Å². The lowest BCUT2D eigenvalue weighted by molar-refractivity contribution is -0.118. The number of nitrogens with one attached hydrogen (secondary N) is 1. The first kappa shape index (κ1) is 21.9. The van der Waals surface area contributed by atoms with Crippen LogP contribution in [-0.2, 0) is 4.79 Å². The predicted molar refractivity (Wildman–Crippen MR) is 139 cm³/mol. The van der Waals surface area contributed by atoms with E-state index >= 15 is 0 Å². The third kappa shape index (κ3) is 4.43. The second-order valence-electron chi connectivity index (χ2n) is 8.28. The molecule has 5 rings (SSSR count). The van der Waals surface area contributed by atoms with Crippen molar-refractivity contribution in [2.45, 2.75) is 13.8 Å². The Balaban J connectivity index is 1.62. The molecule has 0 aliphatic carbocycles. The van der Waals surface area contributed by atoms with E-state index in [1.165, 1.54) is 22.1 Å². The molecule has 34 heavy (non-hydrogen) atoms. The number of amides is 1. The monoisotopic (exact) mass is 468 g/mol. The summed E-state index contributed by atoms with van der Waals surface area (Å²) in [5.41, 5.74) is 5.34. The molecule has 0 saturated carbocycles. The lowest BCUT2D eigenvalue weighted by Crippen LogP contribution is -2.25. The van der Waals surface area contributed by atoms with Crippen LogP contribution in [0.15, 0.2) is 88.3 Å². The Morgan fingerprint density at radius 1 is 1.12 bits per heavy atom. The van der Waals surface area contributed by atoms with Crippen LogP contribution in [0.3, 0.4) is 0 Å². The fraction of sp³-hybridized carbons (Fsp3) is 0.148. The topological polar surface area (TPSA) is 68.0 Å². The van der Waals surface area contributed by atoms with E-state index in [-0.39, 0.29) is 12.5 Å². The molecule has 1 N–H and O–H groups in total. The predicted octanol–water partition coefficient (Wildman–Crippen LogP) is 5.45. The van der Waals surface area contributed by atoms with E-state index in [1.54, 1.807) is 0 Å². The molecule has 0 unspecified atom stereocenters. The molecule has 1 aliphatic heterocycles. The average Bonchev–Trinajstić information content (AvgIpc) is 3.24. The summed E-state index contributed by atoms with van der Waals surface area (Å²) in [7, 11) is 0. The third-order valence-corrected chi connectivity index (χ3v) is 6.35. The minimum atomic E-state index is -0.162. The lowest BCUT2D eigenvalue weighted by Gasteiger charge is -2.18. The Hall–Kier alpha value is -3.97. The summed E-state index contributed by atoms with van der Waals surface area (Å²) >= 11 is 1.52. The standard InChI is InChI=1S/C27H24N4O2S/c1-17(2)14-28-27-31(30-18(3)20-9-8-19-6-4-5-7-21(19)12-20)24(16-34-27)22-10-11-25-23(13-22)29-26(32)15-33-25/h4-13,16H,1,14-15H2,2-3H3,(H,29,32). The van der Waals surface area contributed by atoms with Crippen molar-refractivity contribution >= 4 is 39.4 Å². The van der Waals surface area contributed by atoms with Gasteiger partial charge in [-0.3, -0.25) is 9.79 Å². The van der Waals surface area contributed by atoms with Crippen molar-refractivity contribution in [3.63, 3.8) is 0 Å². The molecule has 1 aliphatic rings. The number of fused-ring (bicyclic) bond motifs is 2. The van der Waals surface area contributed by atoms with Crippen LogP contribution in [0.4, 0.5) is 5.69 Å². The first-order valence-corrected chi connectivity index (χ1v) is 11.8. The number of ether oxygens (including phenoxy) is 1. The summed E-state index contributed by atoms with van der Waals surface area (Å²) in [6, 6.07) is 20.4. The highest BCUT2D eigenvalue weighted by Gasteiger charge is 2.18. The van der Waals surface area contributed by atoms with Crippen LogP contribution < -0.4 is 14.9 Å². The first-order valence-electron chi connectivity index (χ1n) is 11.0. The Labute approximate surface area is 201 Å². The third-order valence-electron chi connectivity index (χ3n) is 5.50. The van der Waals surface area contributed by atoms with Gasteiger partial charge in [0.25, 0.3) is 5.91 Å². The van der Waals surface area contributed by atoms with Crippen LogP contribution in [0, 0.1) is 0 Å². The highest BCUT2D eigenvalue weighted by atomic mass is 32.1. The number of hydrogen-bond acceptors (Lipinski definition) is 5. The normalized spacial score (nSPS) is 14.0. The van der Waals surface area contributed by atoms with Gasteiger partial charge in [-0.25, -0.2) is 4.68 Å². The number of carbonyl (C=O) groups excluding carboxylic acids is 1. The zero-order chi connectivity index (χ0) is 23.7. The molecule has 0 bridgehead atoms. The first-order chi connectivity index (χ1) is 16.5. The van der Waals surface area contributed by atoms with Crippen molar-refractivity contribution in [3.05, 3.63) is 88.6 Å². The zero-order valence-corrected chi connectivity index (χ0v) is 19.9. The summed E-state index contributed by atoms with van der Waals surface area (Å²) in [4.78, 5) is 17.3. The fourth-order valence-corrected chi connectivity index (χ4v) is 4.60. The van der Waals surface area contributed by atoms with Crippen molar-refractivity contribution in [3.8, 4) is 17.0 Å². The average molecular weight is 469 g/mol. The summed E-state index contributed by atoms with van der Waals surface area (Å²) in [5.74, 6) is 0.498. The van der Waals surface area contributed by atoms with Gasteiger partial charge in [0.05, 0.1) is 23.6 Å². The van der Waals surface area contributed by atoms with Crippen LogP contribution in [-0.4, -0.2) is 29.4 Å². The van der Waals surface area contributed by atoms with Gasteiger partial charge in [0, 0.05) is 10.9 Å². The van der Waals surface area contributed by atoms with Crippen LogP contribution >= 0.6 is 11.3 Å². The zero-order valence-electron chi connectivity index (χ0n) is 19.0. The van der Waals surface area contributed by atoms with Gasteiger partial charge in [-0.05, 0) is 54.4 Å². The number of carbonyl (C=O) groups is 1. The van der Waals surface area contributed by atoms with Crippen molar-refractivity contribution in [2.75, 3.05) is 18.5 Å². The second-order valence-corrected chi connectivity index (χ2v) is 9.12. The van der Waals surface area contributed by atoms with Crippen molar-refractivity contribution in [2.24, 2.45) is 10.1 Å². The molecule has 0 radical (unpaired) electrons. The number of nitrogens with zero attached hydrogens (tertiary/aromatic N) is 3. The molecular formula is C27H24N4O2S. The number of rotatable bonds is 5. The SMILES string of the molecule is C=C(C)CN=c1scc(-c2ccc3c(c2)NC(=O)CO3)n1N=C(C)c1ccc2ccccc2c1. The Morgan fingerprint density at radius 3 is 2.76 bits per heavy atom. The molecule has 170 valence electrons. The number of anilines is 1. The van der Waals surface area contributed by atoms with Gasteiger partial charge in [0.2, 0.25) is 4.80 Å². The lowest BCUT2D eigenvalue weighted by atomic mass is 10.0. The van der Waals surface area contributed by atoms with E-state index in [9.17, 15) is 4.79 Å². The summed E-state index contributed by atoms with van der Waals surface area (Å²) in [5, 5.41) is 12.2. The smallest absolute Gasteiger partial charge is 0.262 e. The molecule has 0 fully saturated rings. The van der Waals surface area contributed by atoms with E-state index in [0.717, 1.165) is 32.9 Å². The molecular weight excluding hydrogens is 444 g/mol. The van der Waals surface area contributed by atoms with E-state index in [4.69, 9.17) is 14.8 Å². The second kappa shape index (κ2) is 9.11. The summed E-state index contributed by atoms with van der Waals surface area (Å²) < 4.78 is 7.38. The summed E-state index contributed by atoms with van der Waals surface area (Å²) in [6.45, 7) is 8.49. The minimum absolute atomic E-state index is 0.0317. The van der Waals surface area contributed by atoms with Crippen molar-refractivity contribution < 1.29 is 9.53 Å². The van der Waals surface area contributed by atoms with Gasteiger partial charge in [0.1, 0.15) is 5.75 Å². The molecule has 0 spiro atoms. The molecule has 0 atom stereocenters. The molecule has 4 aromatic rings. The van der Waals surface area contributed by atoms with E-state index in [1.807, 2.05) is 54.2 Å².